The molecule has 0 spiro atoms. The molecular weight excluding hydrogens is 372 g/mol. The molecule has 1 aromatic rings. The van der Waals surface area contributed by atoms with Crippen molar-refractivity contribution >= 4 is 17.4 Å². The molecule has 3 atom stereocenters. The van der Waals surface area contributed by atoms with E-state index in [2.05, 4.69) is 65.6 Å². The minimum Gasteiger partial charge on any atom is -0.373 e. The Balaban J connectivity index is 1.49. The van der Waals surface area contributed by atoms with E-state index in [1.54, 1.807) is 11.3 Å². The third kappa shape index (κ3) is 5.69. The lowest BCUT2D eigenvalue weighted by molar-refractivity contribution is -0.0947. The summed E-state index contributed by atoms with van der Waals surface area (Å²) in [6.45, 7) is 13.9. The van der Waals surface area contributed by atoms with Gasteiger partial charge in [0.2, 0.25) is 0 Å². The Morgan fingerprint density at radius 1 is 1.25 bits per heavy atom. The van der Waals surface area contributed by atoms with E-state index in [-0.39, 0.29) is 29.8 Å². The number of hydrogen-bond acceptors (Lipinski definition) is 5. The highest BCUT2D eigenvalue weighted by Crippen LogP contribution is 2.27. The third-order valence-corrected chi connectivity index (χ3v) is 6.84. The van der Waals surface area contributed by atoms with Crippen molar-refractivity contribution in [1.29, 1.82) is 0 Å². The fraction of sp³-hybridized carbons (Fsp3) is 0.762. The second kappa shape index (κ2) is 9.57. The summed E-state index contributed by atoms with van der Waals surface area (Å²) in [5.41, 5.74) is -0.105. The molecule has 3 rings (SSSR count). The number of rotatable bonds is 7. The molecule has 0 radical (unpaired) electrons. The average Bonchev–Trinajstić information content (AvgIpc) is 3.34. The van der Waals surface area contributed by atoms with Gasteiger partial charge in [-0.15, -0.1) is 11.3 Å². The van der Waals surface area contributed by atoms with Crippen molar-refractivity contribution in [3.05, 3.63) is 22.4 Å². The van der Waals surface area contributed by atoms with E-state index in [1.165, 1.54) is 17.7 Å². The van der Waals surface area contributed by atoms with Crippen LogP contribution in [0.3, 0.4) is 0 Å². The molecule has 2 saturated heterocycles. The molecule has 2 aliphatic rings. The van der Waals surface area contributed by atoms with Gasteiger partial charge in [0.25, 0.3) is 0 Å². The summed E-state index contributed by atoms with van der Waals surface area (Å²) < 4.78 is 5.84. The molecule has 3 unspecified atom stereocenters. The third-order valence-electron chi connectivity index (χ3n) is 5.87. The smallest absolute Gasteiger partial charge is 0.314 e. The van der Waals surface area contributed by atoms with E-state index >= 15 is 0 Å². The zero-order valence-electron chi connectivity index (χ0n) is 17.7. The van der Waals surface area contributed by atoms with Gasteiger partial charge in [-0.2, -0.15) is 0 Å². The van der Waals surface area contributed by atoms with Crippen molar-refractivity contribution in [3.63, 3.8) is 0 Å². The summed E-state index contributed by atoms with van der Waals surface area (Å²) in [7, 11) is 0. The van der Waals surface area contributed by atoms with E-state index in [0.29, 0.717) is 13.1 Å². The Labute approximate surface area is 173 Å². The molecule has 2 amide bonds. The topological polar surface area (TPSA) is 56.8 Å². The van der Waals surface area contributed by atoms with Crippen LogP contribution in [0.25, 0.3) is 0 Å². The molecule has 6 nitrogen and oxygen atoms in total. The summed E-state index contributed by atoms with van der Waals surface area (Å²) in [6, 6.07) is 4.47. The fourth-order valence-electron chi connectivity index (χ4n) is 4.28. The Morgan fingerprint density at radius 3 is 2.54 bits per heavy atom. The Morgan fingerprint density at radius 2 is 1.93 bits per heavy atom. The normalized spacial score (nSPS) is 25.6. The molecule has 7 heteroatoms. The van der Waals surface area contributed by atoms with Crippen molar-refractivity contribution in [1.82, 2.24) is 20.4 Å². The second-order valence-corrected chi connectivity index (χ2v) is 9.79. The van der Waals surface area contributed by atoms with Gasteiger partial charge in [-0.05, 0) is 65.1 Å². The van der Waals surface area contributed by atoms with Crippen LogP contribution >= 0.6 is 11.3 Å². The molecule has 3 heterocycles. The van der Waals surface area contributed by atoms with Crippen molar-refractivity contribution in [2.45, 2.75) is 64.3 Å². The number of nitrogens with one attached hydrogen (secondary N) is 2. The molecule has 28 heavy (non-hydrogen) atoms. The predicted octanol–water partition coefficient (Wildman–Crippen LogP) is 3.07. The van der Waals surface area contributed by atoms with Gasteiger partial charge in [0.15, 0.2) is 0 Å². The maximum Gasteiger partial charge on any atom is 0.314 e. The van der Waals surface area contributed by atoms with Crippen LogP contribution in [-0.2, 0) is 4.74 Å². The van der Waals surface area contributed by atoms with Gasteiger partial charge < -0.3 is 15.4 Å². The molecule has 2 aliphatic heterocycles. The van der Waals surface area contributed by atoms with E-state index in [9.17, 15) is 4.79 Å². The maximum absolute atomic E-state index is 12.5. The number of morpholine rings is 1. The summed E-state index contributed by atoms with van der Waals surface area (Å²) in [5, 5.41) is 8.32. The standard InChI is InChI=1S/C21H36N4O2S/c1-16-13-25(14-17(2)27-16)21(3,4)15-23-20(26)22-12-18(19-8-7-11-28-19)24-9-5-6-10-24/h7-8,11,16-18H,5-6,9-10,12-15H2,1-4H3,(H2,22,23,26). The molecular formula is C21H36N4O2S. The van der Waals surface area contributed by atoms with Crippen LogP contribution in [0, 0.1) is 0 Å². The molecule has 2 fully saturated rings. The molecule has 0 bridgehead atoms. The van der Waals surface area contributed by atoms with Gasteiger partial charge in [0.1, 0.15) is 0 Å². The first kappa shape index (κ1) is 21.6. The number of carbonyl (C=O) groups excluding carboxylic acids is 1. The number of likely N-dealkylation sites (tertiary alicyclic amines) is 1. The Bertz CT molecular complexity index is 606. The van der Waals surface area contributed by atoms with E-state index in [4.69, 9.17) is 4.74 Å². The van der Waals surface area contributed by atoms with E-state index in [1.807, 2.05) is 0 Å². The lowest BCUT2D eigenvalue weighted by atomic mass is 10.00. The summed E-state index contributed by atoms with van der Waals surface area (Å²) in [5.74, 6) is 0. The molecule has 158 valence electrons. The summed E-state index contributed by atoms with van der Waals surface area (Å²) in [4.78, 5) is 18.8. The lowest BCUT2D eigenvalue weighted by Gasteiger charge is -2.45. The highest BCUT2D eigenvalue weighted by Gasteiger charge is 2.33. The predicted molar refractivity (Wildman–Crippen MR) is 115 cm³/mol. The van der Waals surface area contributed by atoms with Crippen LogP contribution in [0.1, 0.15) is 51.5 Å². The average molecular weight is 409 g/mol. The molecule has 2 N–H and O–H groups in total. The van der Waals surface area contributed by atoms with Crippen LogP contribution in [0.5, 0.6) is 0 Å². The lowest BCUT2D eigenvalue weighted by Crippen LogP contribution is -2.59. The quantitative estimate of drug-likeness (QED) is 0.728. The number of nitrogens with zero attached hydrogens (tertiary/aromatic N) is 2. The van der Waals surface area contributed by atoms with Gasteiger partial charge in [-0.25, -0.2) is 4.79 Å². The molecule has 0 aromatic carbocycles. The zero-order chi connectivity index (χ0) is 20.1. The second-order valence-electron chi connectivity index (χ2n) is 8.81. The number of hydrogen-bond donors (Lipinski definition) is 2. The minimum atomic E-state index is -0.105. The van der Waals surface area contributed by atoms with Crippen molar-refractivity contribution in [3.8, 4) is 0 Å². The summed E-state index contributed by atoms with van der Waals surface area (Å²) in [6.07, 6.45) is 2.95. The van der Waals surface area contributed by atoms with Gasteiger partial charge in [-0.1, -0.05) is 6.07 Å². The number of amides is 2. The van der Waals surface area contributed by atoms with Gasteiger partial charge >= 0.3 is 6.03 Å². The van der Waals surface area contributed by atoms with Crippen molar-refractivity contribution in [2.24, 2.45) is 0 Å². The van der Waals surface area contributed by atoms with Gasteiger partial charge in [-0.3, -0.25) is 9.80 Å². The highest BCUT2D eigenvalue weighted by atomic mass is 32.1. The minimum absolute atomic E-state index is 0.0804. The van der Waals surface area contributed by atoms with Crippen LogP contribution in [0.2, 0.25) is 0 Å². The van der Waals surface area contributed by atoms with Crippen LogP contribution in [0.15, 0.2) is 17.5 Å². The molecule has 0 saturated carbocycles. The van der Waals surface area contributed by atoms with Crippen molar-refractivity contribution < 1.29 is 9.53 Å². The SMILES string of the molecule is CC1CN(C(C)(C)CNC(=O)NCC(c2cccs2)N2CCCC2)CC(C)O1. The monoisotopic (exact) mass is 408 g/mol. The number of urea groups is 1. The van der Waals surface area contributed by atoms with Crippen LogP contribution < -0.4 is 10.6 Å². The van der Waals surface area contributed by atoms with Crippen LogP contribution in [0.4, 0.5) is 4.79 Å². The first-order valence-electron chi connectivity index (χ1n) is 10.5. The molecule has 0 aliphatic carbocycles. The zero-order valence-corrected chi connectivity index (χ0v) is 18.6. The van der Waals surface area contributed by atoms with E-state index < -0.39 is 0 Å². The van der Waals surface area contributed by atoms with Crippen LogP contribution in [-0.4, -0.2) is 72.8 Å². The fourth-order valence-corrected chi connectivity index (χ4v) is 5.14. The Hall–Kier alpha value is -1.15. The first-order valence-corrected chi connectivity index (χ1v) is 11.4. The first-order chi connectivity index (χ1) is 13.3. The van der Waals surface area contributed by atoms with Gasteiger partial charge in [0.05, 0.1) is 18.2 Å². The number of thiophene rings is 1. The summed E-state index contributed by atoms with van der Waals surface area (Å²) >= 11 is 1.77. The van der Waals surface area contributed by atoms with E-state index in [0.717, 1.165) is 26.2 Å². The van der Waals surface area contributed by atoms with Gasteiger partial charge in [0, 0.05) is 36.6 Å². The Kier molecular flexibility index (Phi) is 7.36. The highest BCUT2D eigenvalue weighted by molar-refractivity contribution is 7.10. The maximum atomic E-state index is 12.5. The van der Waals surface area contributed by atoms with Crippen molar-refractivity contribution in [2.75, 3.05) is 39.3 Å². The molecule has 1 aromatic heterocycles. The number of ether oxygens (including phenoxy) is 1. The largest absolute Gasteiger partial charge is 0.373 e. The number of carbonyl (C=O) groups is 1.